The predicted octanol–water partition coefficient (Wildman–Crippen LogP) is 4.29. The molecule has 3 N–H and O–H groups in total. The Kier molecular flexibility index (Phi) is 5.68. The zero-order valence-electron chi connectivity index (χ0n) is 18.0. The molecule has 2 bridgehead atoms. The molecule has 3 fully saturated rings. The molecule has 2 saturated carbocycles. The largest absolute Gasteiger partial charge is 0.351 e. The van der Waals surface area contributed by atoms with Gasteiger partial charge < -0.3 is 16.0 Å². The van der Waals surface area contributed by atoms with Crippen molar-refractivity contribution in [2.45, 2.75) is 58.0 Å². The van der Waals surface area contributed by atoms with E-state index in [4.69, 9.17) is 11.6 Å². The number of benzene rings is 1. The van der Waals surface area contributed by atoms with Crippen LogP contribution in [0.5, 0.6) is 0 Å². The molecular weight excluding hydrogens is 394 g/mol. The van der Waals surface area contributed by atoms with Gasteiger partial charge in [-0.15, -0.1) is 0 Å². The topological polar surface area (TPSA) is 53.2 Å². The fourth-order valence-corrected chi connectivity index (χ4v) is 6.56. The third-order valence-corrected chi connectivity index (χ3v) is 8.25. The summed E-state index contributed by atoms with van der Waals surface area (Å²) in [4.78, 5) is 13.0. The molecule has 1 aromatic rings. The molecule has 4 nitrogen and oxygen atoms in total. The monoisotopic (exact) mass is 427 g/mol. The normalized spacial score (nSPS) is 32.9. The lowest BCUT2D eigenvalue weighted by atomic mass is 9.67. The minimum atomic E-state index is -0.0516. The van der Waals surface area contributed by atoms with Gasteiger partial charge in [0.1, 0.15) is 0 Å². The molecule has 1 aromatic carbocycles. The number of rotatable bonds is 6. The lowest BCUT2D eigenvalue weighted by Gasteiger charge is -2.38. The standard InChI is InChI=1S/C25H34ClN3O/c1-25(12-17-8-18-11-19(13-25)21(18)10-17)15-29-24(30)22-9-16(2-3-23(22)26)14-28-20-4-6-27-7-5-20/h2-3,9,13,17-18,20-21,27-28H,4-8,10-12,14-15H2,1H3,(H,29,30). The van der Waals surface area contributed by atoms with Crippen LogP contribution in [0.1, 0.15) is 61.4 Å². The molecule has 1 aliphatic heterocycles. The van der Waals surface area contributed by atoms with E-state index in [0.717, 1.165) is 55.8 Å². The summed E-state index contributed by atoms with van der Waals surface area (Å²) in [6, 6.07) is 6.38. The molecule has 5 rings (SSSR count). The van der Waals surface area contributed by atoms with Crippen molar-refractivity contribution in [3.05, 3.63) is 46.0 Å². The van der Waals surface area contributed by atoms with Gasteiger partial charge in [0.2, 0.25) is 0 Å². The molecule has 1 saturated heterocycles. The smallest absolute Gasteiger partial charge is 0.252 e. The van der Waals surface area contributed by atoms with Crippen molar-refractivity contribution >= 4 is 17.5 Å². The zero-order chi connectivity index (χ0) is 20.7. The summed E-state index contributed by atoms with van der Waals surface area (Å²) < 4.78 is 0. The van der Waals surface area contributed by atoms with Gasteiger partial charge in [0.25, 0.3) is 5.91 Å². The summed E-state index contributed by atoms with van der Waals surface area (Å²) in [6.07, 6.45) is 10.0. The summed E-state index contributed by atoms with van der Waals surface area (Å²) >= 11 is 6.40. The van der Waals surface area contributed by atoms with Crippen LogP contribution in [0.25, 0.3) is 0 Å². The number of piperidine rings is 1. The minimum Gasteiger partial charge on any atom is -0.351 e. The number of amides is 1. The maximum atomic E-state index is 13.0. The Balaban J connectivity index is 1.21. The van der Waals surface area contributed by atoms with E-state index < -0.39 is 0 Å². The van der Waals surface area contributed by atoms with Crippen molar-refractivity contribution in [2.24, 2.45) is 23.2 Å². The van der Waals surface area contributed by atoms with Gasteiger partial charge in [-0.3, -0.25) is 4.79 Å². The van der Waals surface area contributed by atoms with Crippen molar-refractivity contribution in [1.29, 1.82) is 0 Å². The molecule has 4 unspecified atom stereocenters. The van der Waals surface area contributed by atoms with E-state index in [1.165, 1.54) is 25.7 Å². The summed E-state index contributed by atoms with van der Waals surface area (Å²) in [7, 11) is 0. The molecule has 1 heterocycles. The third-order valence-electron chi connectivity index (χ3n) is 7.92. The Bertz CT molecular complexity index is 847. The lowest BCUT2D eigenvalue weighted by molar-refractivity contribution is 0.0936. The Morgan fingerprint density at radius 1 is 1.27 bits per heavy atom. The second-order valence-corrected chi connectivity index (χ2v) is 10.8. The third kappa shape index (κ3) is 4.19. The first-order valence-electron chi connectivity index (χ1n) is 11.7. The van der Waals surface area contributed by atoms with Crippen LogP contribution in [0, 0.1) is 23.2 Å². The quantitative estimate of drug-likeness (QED) is 0.593. The molecular formula is C25H34ClN3O. The van der Waals surface area contributed by atoms with Crippen LogP contribution in [-0.2, 0) is 6.54 Å². The van der Waals surface area contributed by atoms with Crippen molar-refractivity contribution in [3.8, 4) is 0 Å². The van der Waals surface area contributed by atoms with Gasteiger partial charge in [-0.1, -0.05) is 36.2 Å². The first kappa shape index (κ1) is 20.5. The number of nitrogens with one attached hydrogen (secondary N) is 3. The Hall–Kier alpha value is -1.36. The van der Waals surface area contributed by atoms with Crippen LogP contribution < -0.4 is 16.0 Å². The van der Waals surface area contributed by atoms with Gasteiger partial charge in [0.05, 0.1) is 10.6 Å². The van der Waals surface area contributed by atoms with E-state index in [1.54, 1.807) is 5.57 Å². The van der Waals surface area contributed by atoms with Crippen LogP contribution in [0.3, 0.4) is 0 Å². The number of hydrogen-bond acceptors (Lipinski definition) is 3. The highest BCUT2D eigenvalue weighted by Gasteiger charge is 2.48. The van der Waals surface area contributed by atoms with Gasteiger partial charge in [-0.25, -0.2) is 0 Å². The second-order valence-electron chi connectivity index (χ2n) is 10.4. The van der Waals surface area contributed by atoms with Crippen molar-refractivity contribution < 1.29 is 4.79 Å². The van der Waals surface area contributed by atoms with Crippen LogP contribution in [-0.4, -0.2) is 31.6 Å². The first-order chi connectivity index (χ1) is 14.5. The number of halogens is 1. The van der Waals surface area contributed by atoms with Gasteiger partial charge in [-0.05, 0) is 87.1 Å². The Labute approximate surface area is 185 Å². The molecule has 30 heavy (non-hydrogen) atoms. The van der Waals surface area contributed by atoms with E-state index in [9.17, 15) is 4.79 Å². The van der Waals surface area contributed by atoms with E-state index in [2.05, 4.69) is 29.0 Å². The molecule has 4 atom stereocenters. The molecule has 3 aliphatic carbocycles. The number of allylic oxidation sites excluding steroid dienone is 1. The SMILES string of the molecule is CC1(CNC(=O)c2cc(CNC3CCNCC3)ccc2Cl)C=C2CC3CC(CC23)C1. The summed E-state index contributed by atoms with van der Waals surface area (Å²) in [5.74, 6) is 2.59. The average Bonchev–Trinajstić information content (AvgIpc) is 2.99. The molecule has 0 aromatic heterocycles. The van der Waals surface area contributed by atoms with Crippen LogP contribution in [0.2, 0.25) is 5.02 Å². The van der Waals surface area contributed by atoms with Crippen LogP contribution >= 0.6 is 11.6 Å². The minimum absolute atomic E-state index is 0.0516. The van der Waals surface area contributed by atoms with Crippen LogP contribution in [0.4, 0.5) is 0 Å². The molecule has 1 amide bonds. The number of hydrogen-bond donors (Lipinski definition) is 3. The second kappa shape index (κ2) is 8.29. The van der Waals surface area contributed by atoms with Crippen molar-refractivity contribution in [1.82, 2.24) is 16.0 Å². The fraction of sp³-hybridized carbons (Fsp3) is 0.640. The van der Waals surface area contributed by atoms with E-state index in [1.807, 2.05) is 18.2 Å². The van der Waals surface area contributed by atoms with E-state index >= 15 is 0 Å². The van der Waals surface area contributed by atoms with Crippen LogP contribution in [0.15, 0.2) is 29.8 Å². The number of carbonyl (C=O) groups excluding carboxylic acids is 1. The van der Waals surface area contributed by atoms with Gasteiger partial charge in [0, 0.05) is 24.5 Å². The Morgan fingerprint density at radius 2 is 2.10 bits per heavy atom. The summed E-state index contributed by atoms with van der Waals surface area (Å²) in [5.41, 5.74) is 3.43. The van der Waals surface area contributed by atoms with Gasteiger partial charge in [0.15, 0.2) is 0 Å². The lowest BCUT2D eigenvalue weighted by Crippen LogP contribution is -2.39. The maximum Gasteiger partial charge on any atom is 0.252 e. The fourth-order valence-electron chi connectivity index (χ4n) is 6.36. The number of fused-ring (bicyclic) bond motifs is 1. The van der Waals surface area contributed by atoms with E-state index in [-0.39, 0.29) is 11.3 Å². The predicted molar refractivity (Wildman–Crippen MR) is 122 cm³/mol. The van der Waals surface area contributed by atoms with Crippen molar-refractivity contribution in [3.63, 3.8) is 0 Å². The maximum absolute atomic E-state index is 13.0. The van der Waals surface area contributed by atoms with E-state index in [0.29, 0.717) is 23.2 Å². The van der Waals surface area contributed by atoms with Gasteiger partial charge in [-0.2, -0.15) is 0 Å². The highest BCUT2D eigenvalue weighted by molar-refractivity contribution is 6.33. The summed E-state index contributed by atoms with van der Waals surface area (Å²) in [5, 5.41) is 10.8. The highest BCUT2D eigenvalue weighted by atomic mass is 35.5. The molecule has 4 aliphatic rings. The van der Waals surface area contributed by atoms with Crippen molar-refractivity contribution in [2.75, 3.05) is 19.6 Å². The number of carbonyl (C=O) groups is 1. The molecule has 162 valence electrons. The molecule has 0 spiro atoms. The van der Waals surface area contributed by atoms with Gasteiger partial charge >= 0.3 is 0 Å². The summed E-state index contributed by atoms with van der Waals surface area (Å²) in [6.45, 7) is 5.93. The zero-order valence-corrected chi connectivity index (χ0v) is 18.7. The average molecular weight is 428 g/mol. The Morgan fingerprint density at radius 3 is 2.93 bits per heavy atom. The first-order valence-corrected chi connectivity index (χ1v) is 12.1. The highest BCUT2D eigenvalue weighted by Crippen LogP contribution is 2.58. The molecule has 5 heteroatoms. The molecule has 0 radical (unpaired) electrons.